The summed E-state index contributed by atoms with van der Waals surface area (Å²) in [6.45, 7) is 1.17. The van der Waals surface area contributed by atoms with Gasteiger partial charge in [0.2, 0.25) is 0 Å². The first kappa shape index (κ1) is 18.5. The minimum Gasteiger partial charge on any atom is -0.379 e. The Morgan fingerprint density at radius 3 is 2.78 bits per heavy atom. The van der Waals surface area contributed by atoms with E-state index in [1.165, 1.54) is 23.9 Å². The quantitative estimate of drug-likeness (QED) is 0.852. The fourth-order valence-electron chi connectivity index (χ4n) is 4.35. The molecule has 1 saturated carbocycles. The van der Waals surface area contributed by atoms with Gasteiger partial charge >= 0.3 is 0 Å². The maximum absolute atomic E-state index is 12.6. The molecule has 144 valence electrons. The molecule has 2 heterocycles. The molecule has 6 heteroatoms. The number of hydrogen-bond acceptors (Lipinski definition) is 4. The van der Waals surface area contributed by atoms with E-state index in [1.807, 2.05) is 30.3 Å². The van der Waals surface area contributed by atoms with Crippen molar-refractivity contribution in [3.63, 3.8) is 0 Å². The molecule has 4 rings (SSSR count). The van der Waals surface area contributed by atoms with Gasteiger partial charge in [-0.3, -0.25) is 4.79 Å². The van der Waals surface area contributed by atoms with Crippen molar-refractivity contribution >= 4 is 17.3 Å². The van der Waals surface area contributed by atoms with Crippen LogP contribution >= 0.6 is 11.6 Å². The predicted molar refractivity (Wildman–Crippen MR) is 107 cm³/mol. The highest BCUT2D eigenvalue weighted by atomic mass is 35.5. The zero-order chi connectivity index (χ0) is 18.7. The van der Waals surface area contributed by atoms with Crippen molar-refractivity contribution in [2.75, 3.05) is 11.9 Å². The Hall–Kier alpha value is -1.85. The van der Waals surface area contributed by atoms with Crippen LogP contribution in [0, 0.1) is 0 Å². The summed E-state index contributed by atoms with van der Waals surface area (Å²) in [5, 5.41) is 8.01. The number of halogens is 1. The van der Waals surface area contributed by atoms with Gasteiger partial charge in [0.05, 0.1) is 24.0 Å². The summed E-state index contributed by atoms with van der Waals surface area (Å²) < 4.78 is 7.57. The van der Waals surface area contributed by atoms with Crippen LogP contribution in [0.1, 0.15) is 50.5 Å². The van der Waals surface area contributed by atoms with Gasteiger partial charge in [-0.25, -0.2) is 4.68 Å². The third kappa shape index (κ3) is 4.19. The summed E-state index contributed by atoms with van der Waals surface area (Å²) in [5.74, 6) is 0. The summed E-state index contributed by atoms with van der Waals surface area (Å²) in [5.41, 5.74) is 1.40. The maximum Gasteiger partial charge on any atom is 0.287 e. The van der Waals surface area contributed by atoms with E-state index in [9.17, 15) is 4.79 Å². The fourth-order valence-corrected chi connectivity index (χ4v) is 4.55. The molecule has 2 aliphatic rings. The Bertz CT molecular complexity index is 826. The molecule has 2 aromatic rings. The van der Waals surface area contributed by atoms with Gasteiger partial charge in [-0.2, -0.15) is 5.10 Å². The third-order valence-corrected chi connectivity index (χ3v) is 6.14. The van der Waals surface area contributed by atoms with Crippen LogP contribution in [0.15, 0.2) is 41.3 Å². The molecule has 1 aliphatic carbocycles. The topological polar surface area (TPSA) is 56.1 Å². The van der Waals surface area contributed by atoms with E-state index in [4.69, 9.17) is 16.3 Å². The predicted octanol–water partition coefficient (Wildman–Crippen LogP) is 4.24. The second-order valence-electron chi connectivity index (χ2n) is 7.75. The van der Waals surface area contributed by atoms with E-state index in [2.05, 4.69) is 10.4 Å². The second kappa shape index (κ2) is 8.03. The standard InChI is InChI=1S/C21H26ClN3O2/c22-19-18(14-23-25(20(19)26)15-16-7-3-1-4-8-16)24-17-9-12-27-21(13-17)10-5-2-6-11-21/h1,3-4,7-8,14,17,24H,2,5-6,9-13,15H2. The molecule has 1 aliphatic heterocycles. The van der Waals surface area contributed by atoms with Crippen molar-refractivity contribution in [3.05, 3.63) is 57.5 Å². The molecule has 1 aromatic heterocycles. The zero-order valence-corrected chi connectivity index (χ0v) is 16.3. The lowest BCUT2D eigenvalue weighted by Gasteiger charge is -2.43. The van der Waals surface area contributed by atoms with Crippen LogP contribution in [0.2, 0.25) is 5.02 Å². The largest absolute Gasteiger partial charge is 0.379 e. The van der Waals surface area contributed by atoms with Gasteiger partial charge in [0.25, 0.3) is 5.56 Å². The molecule has 0 amide bonds. The van der Waals surface area contributed by atoms with Crippen LogP contribution in [-0.4, -0.2) is 28.0 Å². The van der Waals surface area contributed by atoms with E-state index in [-0.39, 0.29) is 22.2 Å². The number of ether oxygens (including phenoxy) is 1. The Morgan fingerprint density at radius 1 is 1.22 bits per heavy atom. The molecule has 0 radical (unpaired) electrons. The Balaban J connectivity index is 1.48. The van der Waals surface area contributed by atoms with Crippen molar-refractivity contribution in [1.82, 2.24) is 9.78 Å². The van der Waals surface area contributed by atoms with E-state index in [0.717, 1.165) is 37.9 Å². The fraction of sp³-hybridized carbons (Fsp3) is 0.524. The Kier molecular flexibility index (Phi) is 5.50. The highest BCUT2D eigenvalue weighted by Gasteiger charge is 2.38. The summed E-state index contributed by atoms with van der Waals surface area (Å²) in [7, 11) is 0. The monoisotopic (exact) mass is 387 g/mol. The van der Waals surface area contributed by atoms with Gasteiger partial charge in [0.15, 0.2) is 0 Å². The lowest BCUT2D eigenvalue weighted by Crippen LogP contribution is -2.45. The number of nitrogens with zero attached hydrogens (tertiary/aromatic N) is 2. The smallest absolute Gasteiger partial charge is 0.287 e. The van der Waals surface area contributed by atoms with Gasteiger partial charge < -0.3 is 10.1 Å². The average Bonchev–Trinajstić information content (AvgIpc) is 2.69. The lowest BCUT2D eigenvalue weighted by molar-refractivity contribution is -0.103. The molecule has 1 unspecified atom stereocenters. The molecule has 0 bridgehead atoms. The number of nitrogens with one attached hydrogen (secondary N) is 1. The lowest BCUT2D eigenvalue weighted by atomic mass is 9.78. The van der Waals surface area contributed by atoms with Crippen LogP contribution in [0.4, 0.5) is 5.69 Å². The van der Waals surface area contributed by atoms with Crippen LogP contribution in [0.3, 0.4) is 0 Å². The van der Waals surface area contributed by atoms with Gasteiger partial charge in [-0.05, 0) is 31.2 Å². The van der Waals surface area contributed by atoms with Gasteiger partial charge in [0.1, 0.15) is 5.02 Å². The van der Waals surface area contributed by atoms with Crippen LogP contribution in [0.5, 0.6) is 0 Å². The maximum atomic E-state index is 12.6. The van der Waals surface area contributed by atoms with Crippen molar-refractivity contribution < 1.29 is 4.74 Å². The molecule has 5 nitrogen and oxygen atoms in total. The molecule has 1 aromatic carbocycles. The van der Waals surface area contributed by atoms with Crippen LogP contribution in [0.25, 0.3) is 0 Å². The molecule has 27 heavy (non-hydrogen) atoms. The van der Waals surface area contributed by atoms with E-state index >= 15 is 0 Å². The van der Waals surface area contributed by atoms with Gasteiger partial charge in [-0.15, -0.1) is 0 Å². The Labute approximate surface area is 164 Å². The summed E-state index contributed by atoms with van der Waals surface area (Å²) in [6, 6.07) is 10.1. The zero-order valence-electron chi connectivity index (χ0n) is 15.5. The van der Waals surface area contributed by atoms with Gasteiger partial charge in [0, 0.05) is 12.6 Å². The van der Waals surface area contributed by atoms with Crippen LogP contribution < -0.4 is 10.9 Å². The van der Waals surface area contributed by atoms with Crippen molar-refractivity contribution in [2.24, 2.45) is 0 Å². The van der Waals surface area contributed by atoms with Crippen molar-refractivity contribution in [2.45, 2.75) is 63.1 Å². The first-order valence-corrected chi connectivity index (χ1v) is 10.2. The summed E-state index contributed by atoms with van der Waals surface area (Å²) in [4.78, 5) is 12.6. The highest BCUT2D eigenvalue weighted by Crippen LogP contribution is 2.39. The van der Waals surface area contributed by atoms with E-state index in [0.29, 0.717) is 12.2 Å². The summed E-state index contributed by atoms with van der Waals surface area (Å²) in [6.07, 6.45) is 9.62. The molecular formula is C21H26ClN3O2. The number of aromatic nitrogens is 2. The molecule has 1 spiro atoms. The first-order chi connectivity index (χ1) is 13.2. The number of hydrogen-bond donors (Lipinski definition) is 1. The number of rotatable bonds is 4. The minimum absolute atomic E-state index is 0.0103. The number of anilines is 1. The first-order valence-electron chi connectivity index (χ1n) is 9.85. The molecule has 1 N–H and O–H groups in total. The van der Waals surface area contributed by atoms with Crippen molar-refractivity contribution in [1.29, 1.82) is 0 Å². The normalized spacial score (nSPS) is 21.9. The Morgan fingerprint density at radius 2 is 2.00 bits per heavy atom. The SMILES string of the molecule is O=c1c(Cl)c(NC2CCOC3(CCCCC3)C2)cnn1Cc1ccccc1. The van der Waals surface area contributed by atoms with Crippen LogP contribution in [-0.2, 0) is 11.3 Å². The van der Waals surface area contributed by atoms with Gasteiger partial charge in [-0.1, -0.05) is 61.2 Å². The number of benzene rings is 1. The molecule has 1 saturated heterocycles. The van der Waals surface area contributed by atoms with E-state index < -0.39 is 0 Å². The van der Waals surface area contributed by atoms with E-state index in [1.54, 1.807) is 6.20 Å². The molecular weight excluding hydrogens is 362 g/mol. The highest BCUT2D eigenvalue weighted by molar-refractivity contribution is 6.32. The molecule has 2 fully saturated rings. The molecule has 1 atom stereocenters. The second-order valence-corrected chi connectivity index (χ2v) is 8.12. The average molecular weight is 388 g/mol. The third-order valence-electron chi connectivity index (χ3n) is 5.78. The minimum atomic E-state index is -0.259. The summed E-state index contributed by atoms with van der Waals surface area (Å²) >= 11 is 6.39. The van der Waals surface area contributed by atoms with Crippen molar-refractivity contribution in [3.8, 4) is 0 Å².